The molecule has 16 fully saturated rings. The van der Waals surface area contributed by atoms with E-state index >= 15 is 0 Å². The van der Waals surface area contributed by atoms with Crippen LogP contribution in [0.2, 0.25) is 17.5 Å². The van der Waals surface area contributed by atoms with Gasteiger partial charge in [-0.1, -0.05) is 191 Å². The van der Waals surface area contributed by atoms with E-state index in [4.69, 9.17) is 9.47 Å². The zero-order chi connectivity index (χ0) is 50.6. The van der Waals surface area contributed by atoms with Gasteiger partial charge < -0.3 is 9.47 Å². The molecule has 77 heavy (non-hydrogen) atoms. The Labute approximate surface area is 473 Å². The highest BCUT2D eigenvalue weighted by Crippen LogP contribution is 2.65. The number of rotatable bonds is 8. The van der Waals surface area contributed by atoms with Crippen LogP contribution >= 0.6 is 0 Å². The summed E-state index contributed by atoms with van der Waals surface area (Å²) in [7, 11) is 0. The first-order valence-electron chi connectivity index (χ1n) is 37.1. The van der Waals surface area contributed by atoms with Crippen LogP contribution in [0.1, 0.15) is 289 Å². The summed E-state index contributed by atoms with van der Waals surface area (Å²) in [5.74, 6) is 16.8. The van der Waals surface area contributed by atoms with E-state index in [1.807, 2.05) is 0 Å². The van der Waals surface area contributed by atoms with Crippen molar-refractivity contribution in [2.75, 3.05) is 0 Å². The summed E-state index contributed by atoms with van der Waals surface area (Å²) in [6.07, 6.45) is 71.4. The zero-order valence-corrected chi connectivity index (χ0v) is 49.7. The van der Waals surface area contributed by atoms with Crippen LogP contribution in [0.3, 0.4) is 0 Å². The maximum atomic E-state index is 7.21. The molecule has 4 nitrogen and oxygen atoms in total. The van der Waals surface area contributed by atoms with Crippen molar-refractivity contribution in [2.45, 2.75) is 367 Å². The lowest BCUT2D eigenvalue weighted by atomic mass is 9.20. The number of fused-ring (bicyclic) bond motifs is 14. The van der Waals surface area contributed by atoms with Gasteiger partial charge in [-0.25, -0.2) is 0 Å². The minimum atomic E-state index is 0.589. The molecule has 4 aliphatic heterocycles. The Balaban J connectivity index is 0.726. The van der Waals surface area contributed by atoms with Crippen molar-refractivity contribution in [1.82, 2.24) is 9.80 Å². The van der Waals surface area contributed by atoms with Gasteiger partial charge in [-0.2, -0.15) is 0 Å². The highest BCUT2D eigenvalue weighted by atomic mass is 16.5. The van der Waals surface area contributed by atoms with Gasteiger partial charge in [-0.05, 0) is 187 Å². The van der Waals surface area contributed by atoms with Gasteiger partial charge in [0.15, 0.2) is 0 Å². The minimum Gasteiger partial charge on any atom is -0.374 e. The summed E-state index contributed by atoms with van der Waals surface area (Å²) >= 11 is 0. The molecule has 12 aliphatic carbocycles. The molecule has 0 radical (unpaired) electrons. The minimum absolute atomic E-state index is 0.589. The van der Waals surface area contributed by atoms with E-state index in [9.17, 15) is 0 Å². The van der Waals surface area contributed by atoms with Crippen molar-refractivity contribution in [3.8, 4) is 0 Å². The van der Waals surface area contributed by atoms with Crippen LogP contribution in [0.15, 0.2) is 0 Å². The number of likely N-dealkylation sites (tertiary alicyclic amines) is 2. The highest BCUT2D eigenvalue weighted by molar-refractivity contribution is 6.64. The molecule has 0 aromatic rings. The Morgan fingerprint density at radius 1 is 0.260 bits per heavy atom. The van der Waals surface area contributed by atoms with E-state index in [0.717, 1.165) is 143 Å². The lowest BCUT2D eigenvalue weighted by molar-refractivity contribution is -0.0264. The van der Waals surface area contributed by atoms with Gasteiger partial charge in [0.2, 0.25) is 0 Å². The first kappa shape index (κ1) is 52.5. The molecule has 18 unspecified atom stereocenters. The fourth-order valence-corrected chi connectivity index (χ4v) is 27.7. The molecule has 0 spiro atoms. The number of ether oxygens (including phenoxy) is 2. The summed E-state index contributed by atoms with van der Waals surface area (Å²) in [6, 6.07) is 5.26. The fourth-order valence-electron chi connectivity index (χ4n) is 27.7. The van der Waals surface area contributed by atoms with Crippen molar-refractivity contribution in [3.05, 3.63) is 0 Å². The average molecular weight is 1050 g/mol. The molecule has 430 valence electrons. The van der Waals surface area contributed by atoms with Crippen LogP contribution in [0.5, 0.6) is 0 Å². The molecule has 16 aliphatic rings. The molecule has 0 N–H and O–H groups in total. The van der Waals surface area contributed by atoms with Crippen molar-refractivity contribution in [2.24, 2.45) is 82.9 Å². The van der Waals surface area contributed by atoms with E-state index in [1.165, 1.54) is 135 Å². The summed E-state index contributed by atoms with van der Waals surface area (Å²) in [5.41, 5.74) is 0. The van der Waals surface area contributed by atoms with E-state index in [1.54, 1.807) is 154 Å². The van der Waals surface area contributed by atoms with Crippen LogP contribution in [0, 0.1) is 82.9 Å². The van der Waals surface area contributed by atoms with Crippen molar-refractivity contribution in [3.63, 3.8) is 0 Å². The van der Waals surface area contributed by atoms with Crippen molar-refractivity contribution in [1.29, 1.82) is 0 Å². The Bertz CT molecular complexity index is 1820. The third kappa shape index (κ3) is 9.41. The van der Waals surface area contributed by atoms with Crippen LogP contribution < -0.4 is 0 Å². The molecule has 16 rings (SSSR count). The number of hydrogen-bond donors (Lipinski definition) is 0. The SMILES string of the molecule is C1CCC(C2CC(C3CCCCC3)C(B(C3CCC(N4C5CCCCC5C5CCC6OC7CCCCC7C6C54)CC3)C3CCC(N4C5CCCCC5C5CCC6OC7CCCCC7C6C54)CC3)C(C3CCCCC3)C2)CC1. The average Bonchev–Trinajstić information content (AvgIpc) is 4.28. The van der Waals surface area contributed by atoms with Gasteiger partial charge >= 0.3 is 0 Å². The van der Waals surface area contributed by atoms with E-state index in [2.05, 4.69) is 9.80 Å². The van der Waals surface area contributed by atoms with Crippen LogP contribution in [0.4, 0.5) is 0 Å². The molecule has 5 heteroatoms. The Hall–Kier alpha value is -0.0951. The largest absolute Gasteiger partial charge is 0.374 e. The molecule has 4 saturated heterocycles. The predicted octanol–water partition coefficient (Wildman–Crippen LogP) is 18.3. The Morgan fingerprint density at radius 2 is 0.636 bits per heavy atom. The lowest BCUT2D eigenvalue weighted by Crippen LogP contribution is -2.55. The third-order valence-electron chi connectivity index (χ3n) is 30.2. The summed E-state index contributed by atoms with van der Waals surface area (Å²) in [4.78, 5) is 6.94. The second kappa shape index (κ2) is 22.7. The normalized spacial score (nSPS) is 52.1. The highest BCUT2D eigenvalue weighted by Gasteiger charge is 2.65. The fraction of sp³-hybridized carbons (Fsp3) is 1.00. The lowest BCUT2D eigenvalue weighted by Gasteiger charge is -2.57. The molecule has 4 heterocycles. The van der Waals surface area contributed by atoms with Gasteiger partial charge in [0.25, 0.3) is 0 Å². The van der Waals surface area contributed by atoms with Crippen LogP contribution in [-0.2, 0) is 9.47 Å². The second-order valence-corrected chi connectivity index (χ2v) is 32.9. The van der Waals surface area contributed by atoms with Gasteiger partial charge in [0.05, 0.1) is 24.4 Å². The quantitative estimate of drug-likeness (QED) is 0.226. The summed E-state index contributed by atoms with van der Waals surface area (Å²) in [5, 5.41) is 0. The molecule has 18 atom stereocenters. The predicted molar refractivity (Wildman–Crippen MR) is 317 cm³/mol. The molecule has 0 aromatic heterocycles. The summed E-state index contributed by atoms with van der Waals surface area (Å²) < 4.78 is 14.4. The Kier molecular flexibility index (Phi) is 15.5. The molecular weight excluding hydrogens is 936 g/mol. The van der Waals surface area contributed by atoms with Crippen molar-refractivity contribution >= 4 is 6.71 Å². The number of nitrogens with zero attached hydrogens (tertiary/aromatic N) is 2. The van der Waals surface area contributed by atoms with Crippen molar-refractivity contribution < 1.29 is 9.47 Å². The molecule has 0 bridgehead atoms. The first-order chi connectivity index (χ1) is 38.2. The van der Waals surface area contributed by atoms with E-state index < -0.39 is 0 Å². The third-order valence-corrected chi connectivity index (χ3v) is 30.2. The standard InChI is InChI=1S/C72H117BN2O2/c1-4-18-46(19-5-1)49-44-60(47-20-6-2-7-21-47)70(61(45-49)48-22-8-3-9-23-48)73(50-32-36-52(37-33-50)74-62-28-14-10-24-54(62)56-40-42-66-68(71(56)74)58-26-12-16-30-64(58)76-66)51-34-38-53(39-35-51)75-63-29-15-11-25-55(63)57-41-43-67-69(72(57)75)59-27-13-17-31-65(59)77-67/h46-72H,1-45H2. The molecule has 0 amide bonds. The van der Waals surface area contributed by atoms with Gasteiger partial charge in [-0.3, -0.25) is 9.80 Å². The molecular formula is C72H117BN2O2. The van der Waals surface area contributed by atoms with Crippen LogP contribution in [0.25, 0.3) is 0 Å². The molecule has 12 saturated carbocycles. The van der Waals surface area contributed by atoms with Crippen LogP contribution in [-0.4, -0.2) is 77.2 Å². The first-order valence-corrected chi connectivity index (χ1v) is 37.1. The maximum Gasteiger partial charge on any atom is 0.150 e. The van der Waals surface area contributed by atoms with E-state index in [-0.39, 0.29) is 0 Å². The van der Waals surface area contributed by atoms with Gasteiger partial charge in [0.1, 0.15) is 6.71 Å². The monoisotopic (exact) mass is 1050 g/mol. The molecule has 0 aromatic carbocycles. The smallest absolute Gasteiger partial charge is 0.150 e. The Morgan fingerprint density at radius 3 is 1.08 bits per heavy atom. The van der Waals surface area contributed by atoms with E-state index in [0.29, 0.717) is 24.4 Å². The second-order valence-electron chi connectivity index (χ2n) is 32.9. The zero-order valence-electron chi connectivity index (χ0n) is 49.7. The van der Waals surface area contributed by atoms with Gasteiger partial charge in [-0.15, -0.1) is 0 Å². The van der Waals surface area contributed by atoms with Gasteiger partial charge in [0, 0.05) is 48.1 Å². The number of hydrogen-bond acceptors (Lipinski definition) is 4. The summed E-state index contributed by atoms with van der Waals surface area (Å²) in [6.45, 7) is 1.01. The topological polar surface area (TPSA) is 24.9 Å². The maximum absolute atomic E-state index is 7.21.